The van der Waals surface area contributed by atoms with Gasteiger partial charge in [0.1, 0.15) is 0 Å². The Bertz CT molecular complexity index is 1630. The predicted octanol–water partition coefficient (Wildman–Crippen LogP) is 9.89. The summed E-state index contributed by atoms with van der Waals surface area (Å²) in [5.74, 6) is 1.82. The van der Waals surface area contributed by atoms with E-state index in [2.05, 4.69) is 144 Å². The SMILES string of the molecule is CC(/C=C(/C)[N-]c1c(C(C)C)cccc1C(C)C)=[NH+]c1c(C(C)C)cccc1C(C)C.CC1(C)COB([B-]2(B3OC(C)(C)C(C)(C)O3)OCC(C)(C)CO2)OC1.[Mg+2]. The third-order valence-corrected chi connectivity index (χ3v) is 11.5. The Morgan fingerprint density at radius 1 is 0.632 bits per heavy atom. The molecule has 0 aromatic heterocycles. The number of para-hydroxylation sites is 2. The van der Waals surface area contributed by atoms with E-state index >= 15 is 0 Å². The first-order chi connectivity index (χ1) is 25.8. The summed E-state index contributed by atoms with van der Waals surface area (Å²) in [4.78, 5) is 3.71. The average Bonchev–Trinajstić information content (AvgIpc) is 3.31. The second kappa shape index (κ2) is 19.4. The van der Waals surface area contributed by atoms with Gasteiger partial charge in [-0.3, -0.25) is 0 Å². The van der Waals surface area contributed by atoms with Gasteiger partial charge in [-0.05, 0) is 57.4 Å². The Hall–Kier alpha value is -1.63. The number of nitrogens with one attached hydrogen (secondary N) is 1. The van der Waals surface area contributed by atoms with Crippen LogP contribution in [0.15, 0.2) is 48.2 Å². The quantitative estimate of drug-likeness (QED) is 0.191. The molecule has 12 heteroatoms. The van der Waals surface area contributed by atoms with Gasteiger partial charge in [-0.2, -0.15) is 5.70 Å². The molecule has 8 nitrogen and oxygen atoms in total. The fourth-order valence-electron chi connectivity index (χ4n) is 7.39. The van der Waals surface area contributed by atoms with Crippen LogP contribution in [0.25, 0.3) is 5.32 Å². The maximum atomic E-state index is 6.30. The average molecular weight is 796 g/mol. The molecular formula is C45H74B3MgN2O6+. The van der Waals surface area contributed by atoms with E-state index < -0.39 is 31.6 Å². The van der Waals surface area contributed by atoms with Crippen LogP contribution >= 0.6 is 0 Å². The minimum absolute atomic E-state index is 0. The molecule has 0 aliphatic carbocycles. The van der Waals surface area contributed by atoms with Crippen molar-refractivity contribution in [2.75, 3.05) is 26.4 Å². The van der Waals surface area contributed by atoms with Crippen molar-refractivity contribution in [2.24, 2.45) is 10.8 Å². The molecule has 3 fully saturated rings. The fraction of sp³-hybridized carbons (Fsp3) is 0.667. The summed E-state index contributed by atoms with van der Waals surface area (Å²) in [7, 11) is -1.29. The van der Waals surface area contributed by atoms with Crippen LogP contribution in [-0.4, -0.2) is 86.7 Å². The Morgan fingerprint density at radius 2 is 1.02 bits per heavy atom. The van der Waals surface area contributed by atoms with Gasteiger partial charge in [0, 0.05) is 55.3 Å². The van der Waals surface area contributed by atoms with Crippen LogP contribution in [0.5, 0.6) is 0 Å². The summed E-state index contributed by atoms with van der Waals surface area (Å²) < 4.78 is 37.2. The zero-order valence-electron chi connectivity index (χ0n) is 39.0. The van der Waals surface area contributed by atoms with Gasteiger partial charge in [0.05, 0.1) is 11.2 Å². The molecule has 57 heavy (non-hydrogen) atoms. The van der Waals surface area contributed by atoms with Crippen molar-refractivity contribution in [3.8, 4) is 0 Å². The van der Waals surface area contributed by atoms with Crippen molar-refractivity contribution < 1.29 is 32.9 Å². The molecule has 5 rings (SSSR count). The zero-order valence-corrected chi connectivity index (χ0v) is 40.4. The van der Waals surface area contributed by atoms with Crippen LogP contribution in [-0.2, 0) is 27.9 Å². The zero-order chi connectivity index (χ0) is 42.0. The third-order valence-electron chi connectivity index (χ3n) is 11.5. The smallest absolute Gasteiger partial charge is 0.661 e. The predicted molar refractivity (Wildman–Crippen MR) is 242 cm³/mol. The maximum absolute atomic E-state index is 6.30. The van der Waals surface area contributed by atoms with Crippen LogP contribution in [0.3, 0.4) is 0 Å². The van der Waals surface area contributed by atoms with Crippen molar-refractivity contribution in [3.05, 3.63) is 75.7 Å². The largest absolute Gasteiger partial charge is 2.00 e. The Kier molecular flexibility index (Phi) is 16.9. The Balaban J connectivity index is 0.000000306. The Morgan fingerprint density at radius 3 is 1.42 bits per heavy atom. The van der Waals surface area contributed by atoms with Crippen LogP contribution in [0, 0.1) is 10.8 Å². The number of hydrogen-bond acceptors (Lipinski definition) is 6. The summed E-state index contributed by atoms with van der Waals surface area (Å²) in [6, 6.07) is 13.2. The number of allylic oxidation sites excluding steroid dienone is 2. The van der Waals surface area contributed by atoms with Crippen LogP contribution in [0.4, 0.5) is 11.4 Å². The van der Waals surface area contributed by atoms with Crippen LogP contribution in [0.1, 0.15) is 171 Å². The minimum atomic E-state index is -2.05. The summed E-state index contributed by atoms with van der Waals surface area (Å²) in [5.41, 5.74) is 8.84. The van der Waals surface area contributed by atoms with E-state index in [0.717, 1.165) is 17.1 Å². The van der Waals surface area contributed by atoms with Crippen molar-refractivity contribution in [1.82, 2.24) is 0 Å². The first-order valence-corrected chi connectivity index (χ1v) is 21.1. The molecule has 2 aromatic carbocycles. The normalized spacial score (nSPS) is 21.4. The van der Waals surface area contributed by atoms with Gasteiger partial charge < -0.3 is 33.2 Å². The van der Waals surface area contributed by atoms with E-state index in [0.29, 0.717) is 50.1 Å². The molecule has 2 aromatic rings. The van der Waals surface area contributed by atoms with Crippen molar-refractivity contribution in [1.29, 1.82) is 0 Å². The van der Waals surface area contributed by atoms with Gasteiger partial charge in [-0.1, -0.05) is 138 Å². The minimum Gasteiger partial charge on any atom is -0.661 e. The van der Waals surface area contributed by atoms with E-state index in [1.54, 1.807) is 0 Å². The molecule has 0 atom stereocenters. The van der Waals surface area contributed by atoms with Gasteiger partial charge in [0.15, 0.2) is 5.71 Å². The molecule has 1 N–H and O–H groups in total. The molecule has 0 radical (unpaired) electrons. The maximum Gasteiger partial charge on any atom is 2.00 e. The number of nitrogens with zero attached hydrogens (tertiary/aromatic N) is 1. The van der Waals surface area contributed by atoms with Crippen LogP contribution < -0.4 is 4.99 Å². The molecule has 3 heterocycles. The second-order valence-electron chi connectivity index (χ2n) is 20.3. The summed E-state index contributed by atoms with van der Waals surface area (Å²) >= 11 is 0. The van der Waals surface area contributed by atoms with E-state index in [9.17, 15) is 0 Å². The molecular weight excluding hydrogens is 721 g/mol. The molecule has 3 saturated heterocycles. The molecule has 3 aliphatic rings. The third kappa shape index (κ3) is 12.0. The molecule has 0 saturated carbocycles. The first-order valence-electron chi connectivity index (χ1n) is 21.1. The van der Waals surface area contributed by atoms with E-state index in [-0.39, 0.29) is 33.9 Å². The van der Waals surface area contributed by atoms with Gasteiger partial charge in [-0.15, -0.1) is 5.69 Å². The van der Waals surface area contributed by atoms with Gasteiger partial charge in [0.25, 0.3) is 0 Å². The second-order valence-corrected chi connectivity index (χ2v) is 20.3. The summed E-state index contributed by atoms with van der Waals surface area (Å²) in [6.45, 7) is 41.0. The standard InChI is InChI=1S/C29H41N2.C16H32B3O6.Mg/c1-18(2)24-13-11-14-25(19(3)4)28(24)30-22(9)17-23(10)31-29-26(20(5)6)15-12-16-27(29)21(7)8;1-13(2)9-20-17(21-10-13)19(22-11-14(3,4)12-23-19)18-24-15(5,6)16(7,8)25-18;/h11-21H,1-10H3;9-12H2,1-8H3;/q2*-1;+2/p+1/b22-17-,31-23?;;. The van der Waals surface area contributed by atoms with Crippen molar-refractivity contribution in [3.63, 3.8) is 0 Å². The number of benzene rings is 2. The molecule has 3 aliphatic heterocycles. The van der Waals surface area contributed by atoms with Gasteiger partial charge in [0.2, 0.25) is 5.69 Å². The molecule has 0 unspecified atom stereocenters. The summed E-state index contributed by atoms with van der Waals surface area (Å²) in [5, 5.41) is 5.10. The molecule has 310 valence electrons. The van der Waals surface area contributed by atoms with E-state index in [4.69, 9.17) is 33.2 Å². The van der Waals surface area contributed by atoms with Crippen molar-refractivity contribution >= 4 is 60.5 Å². The van der Waals surface area contributed by atoms with Gasteiger partial charge in [-0.25, -0.2) is 4.99 Å². The van der Waals surface area contributed by atoms with Crippen LogP contribution in [0.2, 0.25) is 0 Å². The van der Waals surface area contributed by atoms with Crippen molar-refractivity contribution in [2.45, 2.75) is 160 Å². The van der Waals surface area contributed by atoms with E-state index in [1.165, 1.54) is 27.9 Å². The number of hydrogen-bond donors (Lipinski definition) is 1. The molecule has 0 spiro atoms. The molecule has 0 amide bonds. The Labute approximate surface area is 364 Å². The number of rotatable bonds is 10. The fourth-order valence-corrected chi connectivity index (χ4v) is 7.39. The van der Waals surface area contributed by atoms with E-state index in [1.807, 2.05) is 27.7 Å². The monoisotopic (exact) mass is 796 g/mol. The molecule has 0 bridgehead atoms. The van der Waals surface area contributed by atoms with Gasteiger partial charge >= 0.3 is 43.4 Å². The summed E-state index contributed by atoms with van der Waals surface area (Å²) in [6.07, 6.45) is 0.115. The topological polar surface area (TPSA) is 83.5 Å². The first kappa shape index (κ1) is 49.7.